The van der Waals surface area contributed by atoms with Gasteiger partial charge in [-0.05, 0) is 32.0 Å². The van der Waals surface area contributed by atoms with Gasteiger partial charge in [-0.15, -0.1) is 0 Å². The van der Waals surface area contributed by atoms with Gasteiger partial charge in [0.15, 0.2) is 0 Å². The van der Waals surface area contributed by atoms with Crippen LogP contribution in [0.4, 0.5) is 0 Å². The molecule has 1 aromatic carbocycles. The summed E-state index contributed by atoms with van der Waals surface area (Å²) in [5.41, 5.74) is 1.37. The zero-order valence-corrected chi connectivity index (χ0v) is 13.4. The molecule has 0 fully saturated rings. The van der Waals surface area contributed by atoms with Crippen LogP contribution in [0.2, 0.25) is 0 Å². The second-order valence-electron chi connectivity index (χ2n) is 5.25. The van der Waals surface area contributed by atoms with Crippen LogP contribution in [0, 0.1) is 0 Å². The van der Waals surface area contributed by atoms with Crippen molar-refractivity contribution in [1.82, 2.24) is 10.2 Å². The van der Waals surface area contributed by atoms with E-state index in [1.54, 1.807) is 7.11 Å². The molecule has 0 aromatic heterocycles. The second kappa shape index (κ2) is 9.92. The molecule has 3 heteroatoms. The number of nitrogens with one attached hydrogen (secondary N) is 1. The normalized spacial score (nSPS) is 14.4. The summed E-state index contributed by atoms with van der Waals surface area (Å²) in [7, 11) is 3.99. The van der Waals surface area contributed by atoms with E-state index < -0.39 is 0 Å². The van der Waals surface area contributed by atoms with Crippen molar-refractivity contribution >= 4 is 0 Å². The first kappa shape index (κ1) is 17.2. The van der Waals surface area contributed by atoms with E-state index in [9.17, 15) is 0 Å². The minimum absolute atomic E-state index is 0.388. The van der Waals surface area contributed by atoms with Gasteiger partial charge >= 0.3 is 0 Å². The molecule has 0 heterocycles. The summed E-state index contributed by atoms with van der Waals surface area (Å²) in [5, 5.41) is 3.65. The van der Waals surface area contributed by atoms with Crippen LogP contribution < -0.4 is 5.32 Å². The standard InChI is InChI=1S/C17H30N2O/c1-5-16(19(3)13-10-14-20-4)17(18-6-2)15-11-8-7-9-12-15/h7-9,11-12,16-18H,5-6,10,13-14H2,1-4H3. The van der Waals surface area contributed by atoms with Crippen LogP contribution in [-0.4, -0.2) is 44.8 Å². The first-order valence-corrected chi connectivity index (χ1v) is 7.72. The first-order chi connectivity index (χ1) is 9.74. The highest BCUT2D eigenvalue weighted by molar-refractivity contribution is 5.20. The summed E-state index contributed by atoms with van der Waals surface area (Å²) in [6, 6.07) is 11.7. The predicted octanol–water partition coefficient (Wildman–Crippen LogP) is 3.08. The minimum Gasteiger partial charge on any atom is -0.385 e. The maximum atomic E-state index is 5.16. The number of ether oxygens (including phenoxy) is 1. The van der Waals surface area contributed by atoms with Gasteiger partial charge in [0.2, 0.25) is 0 Å². The third kappa shape index (κ3) is 5.23. The van der Waals surface area contributed by atoms with E-state index in [-0.39, 0.29) is 0 Å². The van der Waals surface area contributed by atoms with E-state index in [4.69, 9.17) is 4.74 Å². The van der Waals surface area contributed by atoms with Crippen molar-refractivity contribution in [3.05, 3.63) is 35.9 Å². The van der Waals surface area contributed by atoms with E-state index in [1.807, 2.05) is 0 Å². The van der Waals surface area contributed by atoms with Crippen LogP contribution in [0.25, 0.3) is 0 Å². The largest absolute Gasteiger partial charge is 0.385 e. The predicted molar refractivity (Wildman–Crippen MR) is 86.1 cm³/mol. The van der Waals surface area contributed by atoms with Gasteiger partial charge in [0.1, 0.15) is 0 Å². The molecule has 0 bridgehead atoms. The Balaban J connectivity index is 2.75. The van der Waals surface area contributed by atoms with Crippen LogP contribution in [0.5, 0.6) is 0 Å². The molecule has 2 atom stereocenters. The van der Waals surface area contributed by atoms with Crippen molar-refractivity contribution in [3.8, 4) is 0 Å². The number of nitrogens with zero attached hydrogens (tertiary/aromatic N) is 1. The third-order valence-electron chi connectivity index (χ3n) is 3.81. The lowest BCUT2D eigenvalue weighted by Gasteiger charge is -2.35. The highest BCUT2D eigenvalue weighted by Gasteiger charge is 2.24. The molecule has 0 aliphatic rings. The number of hydrogen-bond donors (Lipinski definition) is 1. The lowest BCUT2D eigenvalue weighted by molar-refractivity contribution is 0.147. The van der Waals surface area contributed by atoms with Gasteiger partial charge in [0, 0.05) is 32.3 Å². The molecule has 0 aliphatic heterocycles. The van der Waals surface area contributed by atoms with Gasteiger partial charge < -0.3 is 15.0 Å². The summed E-state index contributed by atoms with van der Waals surface area (Å²) < 4.78 is 5.16. The molecule has 0 aliphatic carbocycles. The fourth-order valence-corrected chi connectivity index (χ4v) is 2.78. The summed E-state index contributed by atoms with van der Waals surface area (Å²) in [5.74, 6) is 0. The average Bonchev–Trinajstić information content (AvgIpc) is 2.48. The Hall–Kier alpha value is -0.900. The van der Waals surface area contributed by atoms with Gasteiger partial charge in [-0.3, -0.25) is 0 Å². The maximum absolute atomic E-state index is 5.16. The highest BCUT2D eigenvalue weighted by atomic mass is 16.5. The second-order valence-corrected chi connectivity index (χ2v) is 5.25. The Morgan fingerprint density at radius 1 is 1.20 bits per heavy atom. The van der Waals surface area contributed by atoms with Crippen LogP contribution in [0.15, 0.2) is 30.3 Å². The average molecular weight is 278 g/mol. The zero-order valence-electron chi connectivity index (χ0n) is 13.4. The molecular weight excluding hydrogens is 248 g/mol. The molecular formula is C17H30N2O. The van der Waals surface area contributed by atoms with Crippen molar-refractivity contribution in [2.45, 2.75) is 38.8 Å². The molecule has 1 rings (SSSR count). The molecule has 0 saturated carbocycles. The fourth-order valence-electron chi connectivity index (χ4n) is 2.78. The van der Waals surface area contributed by atoms with E-state index in [2.05, 4.69) is 61.4 Å². The quantitative estimate of drug-likeness (QED) is 0.666. The zero-order chi connectivity index (χ0) is 14.8. The monoisotopic (exact) mass is 278 g/mol. The SMILES string of the molecule is CCNC(c1ccccc1)C(CC)N(C)CCCOC. The van der Waals surface area contributed by atoms with E-state index in [0.29, 0.717) is 12.1 Å². The molecule has 3 nitrogen and oxygen atoms in total. The topological polar surface area (TPSA) is 24.5 Å². The smallest absolute Gasteiger partial charge is 0.0477 e. The van der Waals surface area contributed by atoms with Gasteiger partial charge in [-0.1, -0.05) is 44.2 Å². The van der Waals surface area contributed by atoms with Crippen LogP contribution in [0.3, 0.4) is 0 Å². The first-order valence-electron chi connectivity index (χ1n) is 7.72. The number of likely N-dealkylation sites (N-methyl/N-ethyl adjacent to an activating group) is 2. The minimum atomic E-state index is 0.388. The molecule has 0 spiro atoms. The van der Waals surface area contributed by atoms with Gasteiger partial charge in [-0.25, -0.2) is 0 Å². The number of benzene rings is 1. The fraction of sp³-hybridized carbons (Fsp3) is 0.647. The van der Waals surface area contributed by atoms with E-state index in [0.717, 1.165) is 32.5 Å². The van der Waals surface area contributed by atoms with Crippen molar-refractivity contribution in [2.24, 2.45) is 0 Å². The molecule has 114 valence electrons. The summed E-state index contributed by atoms with van der Waals surface area (Å²) in [6.07, 6.45) is 2.22. The summed E-state index contributed by atoms with van der Waals surface area (Å²) >= 11 is 0. The van der Waals surface area contributed by atoms with Crippen molar-refractivity contribution < 1.29 is 4.74 Å². The molecule has 0 saturated heterocycles. The number of methoxy groups -OCH3 is 1. The van der Waals surface area contributed by atoms with Crippen molar-refractivity contribution in [3.63, 3.8) is 0 Å². The van der Waals surface area contributed by atoms with Gasteiger partial charge in [0.25, 0.3) is 0 Å². The Morgan fingerprint density at radius 2 is 1.90 bits per heavy atom. The molecule has 2 unspecified atom stereocenters. The molecule has 20 heavy (non-hydrogen) atoms. The van der Waals surface area contributed by atoms with Crippen molar-refractivity contribution in [1.29, 1.82) is 0 Å². The van der Waals surface area contributed by atoms with Gasteiger partial charge in [0.05, 0.1) is 0 Å². The van der Waals surface area contributed by atoms with E-state index in [1.165, 1.54) is 5.56 Å². The Bertz CT molecular complexity index is 342. The van der Waals surface area contributed by atoms with E-state index >= 15 is 0 Å². The molecule has 1 aromatic rings. The Morgan fingerprint density at radius 3 is 2.45 bits per heavy atom. The lowest BCUT2D eigenvalue weighted by atomic mass is 9.96. The highest BCUT2D eigenvalue weighted by Crippen LogP contribution is 2.22. The van der Waals surface area contributed by atoms with Crippen LogP contribution >= 0.6 is 0 Å². The summed E-state index contributed by atoms with van der Waals surface area (Å²) in [4.78, 5) is 2.46. The third-order valence-corrected chi connectivity index (χ3v) is 3.81. The molecule has 0 radical (unpaired) electrons. The Kier molecular flexibility index (Phi) is 8.51. The number of hydrogen-bond acceptors (Lipinski definition) is 3. The molecule has 1 N–H and O–H groups in total. The summed E-state index contributed by atoms with van der Waals surface area (Å²) in [6.45, 7) is 7.33. The molecule has 0 amide bonds. The maximum Gasteiger partial charge on any atom is 0.0477 e. The number of rotatable bonds is 10. The van der Waals surface area contributed by atoms with Crippen LogP contribution in [0.1, 0.15) is 38.3 Å². The van der Waals surface area contributed by atoms with Crippen LogP contribution in [-0.2, 0) is 4.74 Å². The van der Waals surface area contributed by atoms with Gasteiger partial charge in [-0.2, -0.15) is 0 Å². The Labute approximate surface area is 124 Å². The lowest BCUT2D eigenvalue weighted by Crippen LogP contribution is -2.43. The van der Waals surface area contributed by atoms with Crippen molar-refractivity contribution in [2.75, 3.05) is 33.9 Å².